The summed E-state index contributed by atoms with van der Waals surface area (Å²) in [6.45, 7) is 9.85. The molecule has 17 heavy (non-hydrogen) atoms. The van der Waals surface area contributed by atoms with Gasteiger partial charge in [-0.25, -0.2) is 0 Å². The normalized spacial score (nSPS) is 13.0. The predicted molar refractivity (Wildman–Crippen MR) is 75.3 cm³/mol. The second kappa shape index (κ2) is 7.46. The van der Waals surface area contributed by atoms with Crippen molar-refractivity contribution in [2.24, 2.45) is 0 Å². The molecule has 96 valence electrons. The van der Waals surface area contributed by atoms with Gasteiger partial charge in [0.25, 0.3) is 0 Å². The summed E-state index contributed by atoms with van der Waals surface area (Å²) in [5.74, 6) is 0. The molecular formula is C15H26N2. The van der Waals surface area contributed by atoms with Gasteiger partial charge in [0, 0.05) is 12.6 Å². The largest absolute Gasteiger partial charge is 0.317 e. The van der Waals surface area contributed by atoms with Crippen LogP contribution in [0.2, 0.25) is 0 Å². The molecule has 0 aliphatic carbocycles. The van der Waals surface area contributed by atoms with E-state index in [2.05, 4.69) is 62.3 Å². The van der Waals surface area contributed by atoms with Crippen molar-refractivity contribution in [3.8, 4) is 0 Å². The van der Waals surface area contributed by atoms with E-state index in [9.17, 15) is 0 Å². The lowest BCUT2D eigenvalue weighted by atomic mass is 10.1. The number of nitrogens with zero attached hydrogens (tertiary/aromatic N) is 1. The van der Waals surface area contributed by atoms with Crippen molar-refractivity contribution in [1.82, 2.24) is 10.2 Å². The van der Waals surface area contributed by atoms with E-state index in [4.69, 9.17) is 0 Å². The minimum absolute atomic E-state index is 0.619. The first-order chi connectivity index (χ1) is 8.15. The van der Waals surface area contributed by atoms with Gasteiger partial charge in [0.15, 0.2) is 0 Å². The minimum atomic E-state index is 0.619. The SMILES string of the molecule is CCNCCC(C)N(C)Cc1ccccc1C. The van der Waals surface area contributed by atoms with Crippen molar-refractivity contribution in [2.45, 2.75) is 39.8 Å². The summed E-state index contributed by atoms with van der Waals surface area (Å²) in [6.07, 6.45) is 1.20. The first-order valence-corrected chi connectivity index (χ1v) is 6.60. The molecule has 1 rings (SSSR count). The third-order valence-corrected chi connectivity index (χ3v) is 3.42. The van der Waals surface area contributed by atoms with Crippen LogP contribution >= 0.6 is 0 Å². The third kappa shape index (κ3) is 4.88. The van der Waals surface area contributed by atoms with Gasteiger partial charge in [-0.3, -0.25) is 4.90 Å². The Balaban J connectivity index is 2.43. The molecular weight excluding hydrogens is 208 g/mol. The van der Waals surface area contributed by atoms with E-state index in [-0.39, 0.29) is 0 Å². The first-order valence-electron chi connectivity index (χ1n) is 6.60. The molecule has 0 saturated carbocycles. The second-order valence-corrected chi connectivity index (χ2v) is 4.83. The molecule has 0 bridgehead atoms. The number of aryl methyl sites for hydroxylation is 1. The van der Waals surface area contributed by atoms with Crippen LogP contribution in [0.15, 0.2) is 24.3 Å². The highest BCUT2D eigenvalue weighted by Crippen LogP contribution is 2.12. The zero-order chi connectivity index (χ0) is 12.7. The Bertz CT molecular complexity index is 322. The van der Waals surface area contributed by atoms with Crippen molar-refractivity contribution < 1.29 is 0 Å². The monoisotopic (exact) mass is 234 g/mol. The molecule has 0 saturated heterocycles. The lowest BCUT2D eigenvalue weighted by molar-refractivity contribution is 0.236. The molecule has 0 spiro atoms. The molecule has 1 aromatic carbocycles. The summed E-state index contributed by atoms with van der Waals surface area (Å²) < 4.78 is 0. The Morgan fingerprint density at radius 1 is 1.29 bits per heavy atom. The van der Waals surface area contributed by atoms with Crippen LogP contribution in [0.4, 0.5) is 0 Å². The molecule has 0 fully saturated rings. The van der Waals surface area contributed by atoms with Gasteiger partial charge in [0.2, 0.25) is 0 Å². The van der Waals surface area contributed by atoms with Crippen LogP contribution in [0.25, 0.3) is 0 Å². The quantitative estimate of drug-likeness (QED) is 0.730. The highest BCUT2D eigenvalue weighted by molar-refractivity contribution is 5.25. The third-order valence-electron chi connectivity index (χ3n) is 3.42. The number of nitrogens with one attached hydrogen (secondary N) is 1. The standard InChI is InChI=1S/C15H26N2/c1-5-16-11-10-14(3)17(4)12-15-9-7-6-8-13(15)2/h6-9,14,16H,5,10-12H2,1-4H3. The van der Waals surface area contributed by atoms with Gasteiger partial charge in [0.1, 0.15) is 0 Å². The van der Waals surface area contributed by atoms with E-state index in [1.165, 1.54) is 17.5 Å². The van der Waals surface area contributed by atoms with E-state index in [1.807, 2.05) is 0 Å². The average molecular weight is 234 g/mol. The van der Waals surface area contributed by atoms with Crippen LogP contribution in [0, 0.1) is 6.92 Å². The summed E-state index contributed by atoms with van der Waals surface area (Å²) >= 11 is 0. The summed E-state index contributed by atoms with van der Waals surface area (Å²) in [4.78, 5) is 2.43. The second-order valence-electron chi connectivity index (χ2n) is 4.83. The van der Waals surface area contributed by atoms with Crippen molar-refractivity contribution in [3.05, 3.63) is 35.4 Å². The Hall–Kier alpha value is -0.860. The van der Waals surface area contributed by atoms with Crippen molar-refractivity contribution in [2.75, 3.05) is 20.1 Å². The number of benzene rings is 1. The summed E-state index contributed by atoms with van der Waals surface area (Å²) in [5.41, 5.74) is 2.82. The maximum atomic E-state index is 3.38. The highest BCUT2D eigenvalue weighted by Gasteiger charge is 2.09. The lowest BCUT2D eigenvalue weighted by Gasteiger charge is -2.25. The van der Waals surface area contributed by atoms with Crippen molar-refractivity contribution >= 4 is 0 Å². The number of hydrogen-bond donors (Lipinski definition) is 1. The average Bonchev–Trinajstić information content (AvgIpc) is 2.32. The Morgan fingerprint density at radius 2 is 2.00 bits per heavy atom. The van der Waals surface area contributed by atoms with E-state index in [0.29, 0.717) is 6.04 Å². The van der Waals surface area contributed by atoms with Gasteiger partial charge in [-0.15, -0.1) is 0 Å². The molecule has 1 atom stereocenters. The molecule has 2 nitrogen and oxygen atoms in total. The summed E-state index contributed by atoms with van der Waals surface area (Å²) in [6, 6.07) is 9.26. The Kier molecular flexibility index (Phi) is 6.23. The lowest BCUT2D eigenvalue weighted by Crippen LogP contribution is -2.32. The molecule has 2 heteroatoms. The van der Waals surface area contributed by atoms with Crippen LogP contribution in [-0.4, -0.2) is 31.1 Å². The smallest absolute Gasteiger partial charge is 0.0236 e. The number of rotatable bonds is 7. The van der Waals surface area contributed by atoms with Crippen LogP contribution in [-0.2, 0) is 6.54 Å². The minimum Gasteiger partial charge on any atom is -0.317 e. The molecule has 1 unspecified atom stereocenters. The molecule has 0 aromatic heterocycles. The fraction of sp³-hybridized carbons (Fsp3) is 0.600. The fourth-order valence-electron chi connectivity index (χ4n) is 1.92. The van der Waals surface area contributed by atoms with Crippen LogP contribution < -0.4 is 5.32 Å². The first kappa shape index (κ1) is 14.2. The van der Waals surface area contributed by atoms with E-state index in [0.717, 1.165) is 19.6 Å². The van der Waals surface area contributed by atoms with E-state index >= 15 is 0 Å². The highest BCUT2D eigenvalue weighted by atomic mass is 15.1. The fourth-order valence-corrected chi connectivity index (χ4v) is 1.92. The van der Waals surface area contributed by atoms with E-state index < -0.39 is 0 Å². The molecule has 0 aliphatic rings. The molecule has 0 amide bonds. The van der Waals surface area contributed by atoms with Gasteiger partial charge in [-0.05, 0) is 51.5 Å². The zero-order valence-corrected chi connectivity index (χ0v) is 11.7. The van der Waals surface area contributed by atoms with Gasteiger partial charge < -0.3 is 5.32 Å². The van der Waals surface area contributed by atoms with Gasteiger partial charge in [-0.2, -0.15) is 0 Å². The molecule has 1 aromatic rings. The zero-order valence-electron chi connectivity index (χ0n) is 11.7. The van der Waals surface area contributed by atoms with E-state index in [1.54, 1.807) is 0 Å². The van der Waals surface area contributed by atoms with Crippen molar-refractivity contribution in [3.63, 3.8) is 0 Å². The Morgan fingerprint density at radius 3 is 2.65 bits per heavy atom. The summed E-state index contributed by atoms with van der Waals surface area (Å²) in [5, 5.41) is 3.38. The van der Waals surface area contributed by atoms with Crippen LogP contribution in [0.3, 0.4) is 0 Å². The molecule has 0 heterocycles. The maximum Gasteiger partial charge on any atom is 0.0236 e. The topological polar surface area (TPSA) is 15.3 Å². The number of hydrogen-bond acceptors (Lipinski definition) is 2. The van der Waals surface area contributed by atoms with Gasteiger partial charge in [-0.1, -0.05) is 31.2 Å². The molecule has 1 N–H and O–H groups in total. The maximum absolute atomic E-state index is 3.38. The summed E-state index contributed by atoms with van der Waals surface area (Å²) in [7, 11) is 2.21. The van der Waals surface area contributed by atoms with Gasteiger partial charge >= 0.3 is 0 Å². The van der Waals surface area contributed by atoms with Crippen molar-refractivity contribution in [1.29, 1.82) is 0 Å². The predicted octanol–water partition coefficient (Wildman–Crippen LogP) is 2.81. The molecule has 0 radical (unpaired) electrons. The Labute approximate surface area is 106 Å². The van der Waals surface area contributed by atoms with Crippen LogP contribution in [0.5, 0.6) is 0 Å². The van der Waals surface area contributed by atoms with Crippen LogP contribution in [0.1, 0.15) is 31.4 Å². The molecule has 0 aliphatic heterocycles. The van der Waals surface area contributed by atoms with Gasteiger partial charge in [0.05, 0.1) is 0 Å².